The number of nitrogens with one attached hydrogen (secondary N) is 2. The van der Waals surface area contributed by atoms with Gasteiger partial charge in [0.1, 0.15) is 11.1 Å². The van der Waals surface area contributed by atoms with Crippen molar-refractivity contribution in [3.8, 4) is 6.07 Å². The summed E-state index contributed by atoms with van der Waals surface area (Å²) in [6.45, 7) is 1.88. The van der Waals surface area contributed by atoms with Crippen LogP contribution in [0.2, 0.25) is 0 Å². The first-order chi connectivity index (χ1) is 12.9. The van der Waals surface area contributed by atoms with Crippen LogP contribution in [0.15, 0.2) is 64.9 Å². The van der Waals surface area contributed by atoms with Crippen LogP contribution in [0.1, 0.15) is 21.5 Å². The molecule has 6 nitrogen and oxygen atoms in total. The highest BCUT2D eigenvalue weighted by atomic mass is 32.2. The number of aryl methyl sites for hydroxylation is 1. The second-order valence-electron chi connectivity index (χ2n) is 5.73. The number of carbonyl (C=O) groups is 1. The van der Waals surface area contributed by atoms with E-state index in [0.717, 1.165) is 5.56 Å². The minimum absolute atomic E-state index is 0.164. The number of hydrogen-bond donors (Lipinski definition) is 2. The van der Waals surface area contributed by atoms with Crippen molar-refractivity contribution in [2.75, 3.05) is 10.0 Å². The van der Waals surface area contributed by atoms with Gasteiger partial charge in [0.25, 0.3) is 15.9 Å². The number of rotatable bonds is 5. The third kappa shape index (κ3) is 4.34. The van der Waals surface area contributed by atoms with Gasteiger partial charge in [-0.15, -0.1) is 11.3 Å². The predicted octanol–water partition coefficient (Wildman–Crippen LogP) is 3.98. The highest BCUT2D eigenvalue weighted by molar-refractivity contribution is 7.92. The van der Waals surface area contributed by atoms with Gasteiger partial charge in [0, 0.05) is 11.3 Å². The van der Waals surface area contributed by atoms with Crippen molar-refractivity contribution < 1.29 is 13.2 Å². The van der Waals surface area contributed by atoms with E-state index in [9.17, 15) is 13.2 Å². The molecule has 1 amide bonds. The lowest BCUT2D eigenvalue weighted by molar-refractivity contribution is 0.102. The maximum absolute atomic E-state index is 12.4. The van der Waals surface area contributed by atoms with E-state index in [1.165, 1.54) is 47.7 Å². The molecule has 3 aromatic rings. The second kappa shape index (κ2) is 7.61. The molecule has 3 rings (SSSR count). The average Bonchev–Trinajstić information content (AvgIpc) is 3.09. The number of thiophene rings is 1. The zero-order valence-corrected chi connectivity index (χ0v) is 15.9. The third-order valence-electron chi connectivity index (χ3n) is 3.74. The number of carbonyl (C=O) groups excluding carboxylic acids is 1. The molecule has 2 aromatic carbocycles. The largest absolute Gasteiger partial charge is 0.312 e. The topological polar surface area (TPSA) is 99.1 Å². The molecule has 0 spiro atoms. The predicted molar refractivity (Wildman–Crippen MR) is 105 cm³/mol. The van der Waals surface area contributed by atoms with Gasteiger partial charge in [-0.05, 0) is 54.8 Å². The fourth-order valence-corrected chi connectivity index (χ4v) is 4.08. The molecular weight excluding hydrogens is 382 g/mol. The molecule has 0 saturated carbocycles. The van der Waals surface area contributed by atoms with E-state index in [-0.39, 0.29) is 10.8 Å². The number of nitriles is 1. The highest BCUT2D eigenvalue weighted by Crippen LogP contribution is 2.23. The van der Waals surface area contributed by atoms with Gasteiger partial charge in [0.05, 0.1) is 10.5 Å². The number of amides is 1. The van der Waals surface area contributed by atoms with Gasteiger partial charge in [-0.2, -0.15) is 5.26 Å². The molecule has 0 saturated heterocycles. The quantitative estimate of drug-likeness (QED) is 0.680. The molecule has 0 bridgehead atoms. The van der Waals surface area contributed by atoms with E-state index >= 15 is 0 Å². The lowest BCUT2D eigenvalue weighted by Crippen LogP contribution is -2.14. The van der Waals surface area contributed by atoms with Crippen molar-refractivity contribution in [1.29, 1.82) is 5.26 Å². The smallest absolute Gasteiger partial charge is 0.261 e. The molecule has 0 aliphatic rings. The van der Waals surface area contributed by atoms with Crippen LogP contribution in [0.3, 0.4) is 0 Å². The molecule has 0 aliphatic carbocycles. The van der Waals surface area contributed by atoms with Gasteiger partial charge in [-0.25, -0.2) is 8.42 Å². The Hall–Kier alpha value is -3.15. The van der Waals surface area contributed by atoms with E-state index < -0.39 is 10.0 Å². The molecule has 0 aliphatic heterocycles. The van der Waals surface area contributed by atoms with Gasteiger partial charge in [0.15, 0.2) is 0 Å². The monoisotopic (exact) mass is 397 g/mol. The number of anilines is 2. The van der Waals surface area contributed by atoms with Gasteiger partial charge < -0.3 is 5.32 Å². The minimum Gasteiger partial charge on any atom is -0.312 e. The normalized spacial score (nSPS) is 10.8. The molecule has 0 atom stereocenters. The van der Waals surface area contributed by atoms with Crippen LogP contribution in [-0.2, 0) is 10.0 Å². The lowest BCUT2D eigenvalue weighted by atomic mass is 10.2. The molecule has 1 heterocycles. The standard InChI is InChI=1S/C19H15N3O3S2/c1-13-2-8-17(9-3-13)27(24,25)22-16-6-4-14(5-7-16)18(23)21-19-15(12-20)10-11-26-19/h2-11,22H,1H3,(H,21,23). The summed E-state index contributed by atoms with van der Waals surface area (Å²) in [4.78, 5) is 12.4. The van der Waals surface area contributed by atoms with Crippen LogP contribution in [0.5, 0.6) is 0 Å². The van der Waals surface area contributed by atoms with E-state index in [4.69, 9.17) is 5.26 Å². The maximum Gasteiger partial charge on any atom is 0.261 e. The summed E-state index contributed by atoms with van der Waals surface area (Å²) in [5.74, 6) is -0.373. The summed E-state index contributed by atoms with van der Waals surface area (Å²) in [6, 6.07) is 16.2. The van der Waals surface area contributed by atoms with Crippen LogP contribution in [-0.4, -0.2) is 14.3 Å². The number of sulfonamides is 1. The van der Waals surface area contributed by atoms with Crippen LogP contribution >= 0.6 is 11.3 Å². The molecule has 136 valence electrons. The molecule has 27 heavy (non-hydrogen) atoms. The molecule has 8 heteroatoms. The Balaban J connectivity index is 1.72. The summed E-state index contributed by atoms with van der Waals surface area (Å²) in [5.41, 5.74) is 2.07. The summed E-state index contributed by atoms with van der Waals surface area (Å²) >= 11 is 1.26. The summed E-state index contributed by atoms with van der Waals surface area (Å²) < 4.78 is 27.3. The Kier molecular flexibility index (Phi) is 5.26. The minimum atomic E-state index is -3.70. The Morgan fingerprint density at radius 3 is 2.33 bits per heavy atom. The number of hydrogen-bond acceptors (Lipinski definition) is 5. The molecule has 2 N–H and O–H groups in total. The fourth-order valence-electron chi connectivity index (χ4n) is 2.29. The molecule has 1 aromatic heterocycles. The molecule has 0 radical (unpaired) electrons. The maximum atomic E-state index is 12.4. The average molecular weight is 397 g/mol. The Bertz CT molecular complexity index is 1110. The Morgan fingerprint density at radius 2 is 1.70 bits per heavy atom. The summed E-state index contributed by atoms with van der Waals surface area (Å²) in [7, 11) is -3.70. The first-order valence-corrected chi connectivity index (χ1v) is 10.2. The Labute approximate surface area is 161 Å². The van der Waals surface area contributed by atoms with Crippen molar-refractivity contribution >= 4 is 38.0 Å². The van der Waals surface area contributed by atoms with Crippen LogP contribution in [0.25, 0.3) is 0 Å². The van der Waals surface area contributed by atoms with Crippen molar-refractivity contribution in [1.82, 2.24) is 0 Å². The fraction of sp³-hybridized carbons (Fsp3) is 0.0526. The SMILES string of the molecule is Cc1ccc(S(=O)(=O)Nc2ccc(C(=O)Nc3sccc3C#N)cc2)cc1. The highest BCUT2D eigenvalue weighted by Gasteiger charge is 2.15. The lowest BCUT2D eigenvalue weighted by Gasteiger charge is -2.09. The van der Waals surface area contributed by atoms with Crippen LogP contribution < -0.4 is 10.0 Å². The summed E-state index contributed by atoms with van der Waals surface area (Å²) in [5, 5.41) is 13.9. The van der Waals surface area contributed by atoms with Gasteiger partial charge in [-0.3, -0.25) is 9.52 Å². The zero-order valence-electron chi connectivity index (χ0n) is 14.3. The van der Waals surface area contributed by atoms with Gasteiger partial charge in [-0.1, -0.05) is 17.7 Å². The first kappa shape index (κ1) is 18.6. The van der Waals surface area contributed by atoms with Crippen molar-refractivity contribution in [2.24, 2.45) is 0 Å². The molecule has 0 unspecified atom stereocenters. The summed E-state index contributed by atoms with van der Waals surface area (Å²) in [6.07, 6.45) is 0. The second-order valence-corrected chi connectivity index (χ2v) is 8.32. The van der Waals surface area contributed by atoms with E-state index in [0.29, 0.717) is 21.8 Å². The van der Waals surface area contributed by atoms with Crippen molar-refractivity contribution in [3.05, 3.63) is 76.7 Å². The van der Waals surface area contributed by atoms with Crippen molar-refractivity contribution in [2.45, 2.75) is 11.8 Å². The van der Waals surface area contributed by atoms with E-state index in [1.54, 1.807) is 23.6 Å². The van der Waals surface area contributed by atoms with Crippen LogP contribution in [0.4, 0.5) is 10.7 Å². The van der Waals surface area contributed by atoms with Gasteiger partial charge >= 0.3 is 0 Å². The van der Waals surface area contributed by atoms with E-state index in [2.05, 4.69) is 10.0 Å². The Morgan fingerprint density at radius 1 is 1.04 bits per heavy atom. The third-order valence-corrected chi connectivity index (χ3v) is 5.97. The van der Waals surface area contributed by atoms with Crippen molar-refractivity contribution in [3.63, 3.8) is 0 Å². The number of nitrogens with zero attached hydrogens (tertiary/aromatic N) is 1. The molecule has 0 fully saturated rings. The zero-order chi connectivity index (χ0) is 19.4. The van der Waals surface area contributed by atoms with Gasteiger partial charge in [0.2, 0.25) is 0 Å². The first-order valence-electron chi connectivity index (χ1n) is 7.87. The number of benzene rings is 2. The molecular formula is C19H15N3O3S2. The van der Waals surface area contributed by atoms with Crippen LogP contribution in [0, 0.1) is 18.3 Å². The van der Waals surface area contributed by atoms with E-state index in [1.807, 2.05) is 13.0 Å².